The van der Waals surface area contributed by atoms with Crippen molar-refractivity contribution in [3.63, 3.8) is 0 Å². The van der Waals surface area contributed by atoms with Crippen molar-refractivity contribution in [1.82, 2.24) is 5.32 Å². The van der Waals surface area contributed by atoms with Crippen LogP contribution in [-0.4, -0.2) is 13.1 Å². The van der Waals surface area contributed by atoms with Crippen molar-refractivity contribution in [3.8, 4) is 0 Å². The molecule has 1 saturated carbocycles. The molecule has 1 aromatic heterocycles. The van der Waals surface area contributed by atoms with E-state index in [1.807, 2.05) is 11.3 Å². The van der Waals surface area contributed by atoms with Crippen molar-refractivity contribution < 1.29 is 0 Å². The lowest BCUT2D eigenvalue weighted by atomic mass is 9.65. The monoisotopic (exact) mass is 195 g/mol. The Labute approximate surface area is 84.2 Å². The van der Waals surface area contributed by atoms with Crippen LogP contribution in [0.25, 0.3) is 0 Å². The van der Waals surface area contributed by atoms with Crippen LogP contribution < -0.4 is 5.32 Å². The van der Waals surface area contributed by atoms with E-state index in [1.165, 1.54) is 12.8 Å². The second kappa shape index (κ2) is 3.81. The van der Waals surface area contributed by atoms with E-state index < -0.39 is 0 Å². The number of nitrogens with one attached hydrogen (secondary N) is 1. The van der Waals surface area contributed by atoms with Crippen LogP contribution in [0.1, 0.15) is 31.2 Å². The van der Waals surface area contributed by atoms with Gasteiger partial charge in [0.05, 0.1) is 0 Å². The van der Waals surface area contributed by atoms with Crippen molar-refractivity contribution in [2.45, 2.75) is 31.7 Å². The van der Waals surface area contributed by atoms with E-state index in [-0.39, 0.29) is 0 Å². The third-order valence-corrected chi connectivity index (χ3v) is 4.06. The molecule has 3 atom stereocenters. The summed E-state index contributed by atoms with van der Waals surface area (Å²) in [5.74, 6) is 1.69. The lowest BCUT2D eigenvalue weighted by molar-refractivity contribution is 0.169. The second-order valence-corrected chi connectivity index (χ2v) is 4.65. The molecule has 0 saturated heterocycles. The first kappa shape index (κ1) is 9.22. The maximum Gasteiger partial charge on any atom is 0.0104 e. The summed E-state index contributed by atoms with van der Waals surface area (Å²) in [6.45, 7) is 2.30. The number of hydrogen-bond acceptors (Lipinski definition) is 2. The van der Waals surface area contributed by atoms with Crippen LogP contribution in [0.5, 0.6) is 0 Å². The SMILES string of the molecule is CCC1C(NC)CC1c1ccsc1. The molecule has 0 spiro atoms. The molecule has 0 bridgehead atoms. The zero-order chi connectivity index (χ0) is 9.26. The van der Waals surface area contributed by atoms with Gasteiger partial charge in [-0.2, -0.15) is 11.3 Å². The van der Waals surface area contributed by atoms with Gasteiger partial charge in [0.2, 0.25) is 0 Å². The second-order valence-electron chi connectivity index (χ2n) is 3.87. The molecule has 0 radical (unpaired) electrons. The third-order valence-electron chi connectivity index (χ3n) is 3.36. The standard InChI is InChI=1S/C11H17NS/c1-3-9-10(6-11(9)12-2)8-4-5-13-7-8/h4-5,7,9-12H,3,6H2,1-2H3. The van der Waals surface area contributed by atoms with Crippen molar-refractivity contribution in [3.05, 3.63) is 22.4 Å². The van der Waals surface area contributed by atoms with Gasteiger partial charge in [-0.3, -0.25) is 0 Å². The van der Waals surface area contributed by atoms with Crippen molar-refractivity contribution in [2.24, 2.45) is 5.92 Å². The van der Waals surface area contributed by atoms with Gasteiger partial charge in [-0.1, -0.05) is 13.3 Å². The molecule has 0 amide bonds. The Morgan fingerprint density at radius 3 is 3.00 bits per heavy atom. The Bertz CT molecular complexity index is 255. The molecule has 13 heavy (non-hydrogen) atoms. The molecule has 1 aliphatic rings. The third kappa shape index (κ3) is 1.53. The van der Waals surface area contributed by atoms with Gasteiger partial charge < -0.3 is 5.32 Å². The quantitative estimate of drug-likeness (QED) is 0.782. The first-order chi connectivity index (χ1) is 6.36. The molecule has 1 heterocycles. The minimum absolute atomic E-state index is 0.759. The molecule has 0 aromatic carbocycles. The zero-order valence-electron chi connectivity index (χ0n) is 8.29. The van der Waals surface area contributed by atoms with Crippen molar-refractivity contribution >= 4 is 11.3 Å². The molecule has 1 nitrogen and oxygen atoms in total. The van der Waals surface area contributed by atoms with Gasteiger partial charge in [0, 0.05) is 6.04 Å². The summed E-state index contributed by atoms with van der Waals surface area (Å²) in [7, 11) is 2.08. The molecule has 2 heteroatoms. The number of rotatable bonds is 3. The summed E-state index contributed by atoms with van der Waals surface area (Å²) in [4.78, 5) is 0. The highest BCUT2D eigenvalue weighted by Crippen LogP contribution is 2.44. The Balaban J connectivity index is 2.04. The molecule has 0 aliphatic heterocycles. The molecule has 3 unspecified atom stereocenters. The van der Waals surface area contributed by atoms with E-state index >= 15 is 0 Å². The Kier molecular flexibility index (Phi) is 2.70. The average molecular weight is 195 g/mol. The Hall–Kier alpha value is -0.340. The Morgan fingerprint density at radius 1 is 1.62 bits per heavy atom. The van der Waals surface area contributed by atoms with Crippen LogP contribution in [-0.2, 0) is 0 Å². The normalized spacial score (nSPS) is 32.9. The minimum Gasteiger partial charge on any atom is -0.317 e. The van der Waals surface area contributed by atoms with Gasteiger partial charge in [0.25, 0.3) is 0 Å². The van der Waals surface area contributed by atoms with E-state index in [0.717, 1.165) is 17.9 Å². The first-order valence-corrected chi connectivity index (χ1v) is 6.00. The fourth-order valence-corrected chi connectivity index (χ4v) is 3.20. The molecular weight excluding hydrogens is 178 g/mol. The largest absolute Gasteiger partial charge is 0.317 e. The molecule has 72 valence electrons. The predicted molar refractivity (Wildman–Crippen MR) is 58.3 cm³/mol. The average Bonchev–Trinajstić information content (AvgIpc) is 2.57. The van der Waals surface area contributed by atoms with Gasteiger partial charge in [0.1, 0.15) is 0 Å². The highest BCUT2D eigenvalue weighted by molar-refractivity contribution is 7.07. The van der Waals surface area contributed by atoms with Gasteiger partial charge >= 0.3 is 0 Å². The van der Waals surface area contributed by atoms with Crippen LogP contribution in [0, 0.1) is 5.92 Å². The molecular formula is C11H17NS. The van der Waals surface area contributed by atoms with E-state index in [0.29, 0.717) is 0 Å². The van der Waals surface area contributed by atoms with E-state index in [1.54, 1.807) is 5.56 Å². The van der Waals surface area contributed by atoms with Crippen LogP contribution in [0.3, 0.4) is 0 Å². The molecule has 1 N–H and O–H groups in total. The van der Waals surface area contributed by atoms with Gasteiger partial charge in [-0.05, 0) is 47.7 Å². The molecule has 2 rings (SSSR count). The smallest absolute Gasteiger partial charge is 0.0104 e. The highest BCUT2D eigenvalue weighted by Gasteiger charge is 2.39. The topological polar surface area (TPSA) is 12.0 Å². The van der Waals surface area contributed by atoms with Crippen molar-refractivity contribution in [1.29, 1.82) is 0 Å². The van der Waals surface area contributed by atoms with E-state index in [4.69, 9.17) is 0 Å². The fraction of sp³-hybridized carbons (Fsp3) is 0.636. The summed E-state index contributed by atoms with van der Waals surface area (Å²) in [5, 5.41) is 7.89. The molecule has 1 aromatic rings. The summed E-state index contributed by atoms with van der Waals surface area (Å²) in [6, 6.07) is 3.04. The summed E-state index contributed by atoms with van der Waals surface area (Å²) < 4.78 is 0. The summed E-state index contributed by atoms with van der Waals surface area (Å²) >= 11 is 1.82. The van der Waals surface area contributed by atoms with Crippen molar-refractivity contribution in [2.75, 3.05) is 7.05 Å². The van der Waals surface area contributed by atoms with Crippen LogP contribution >= 0.6 is 11.3 Å². The summed E-state index contributed by atoms with van der Waals surface area (Å²) in [6.07, 6.45) is 2.62. The van der Waals surface area contributed by atoms with Gasteiger partial charge in [0.15, 0.2) is 0 Å². The number of thiophene rings is 1. The molecule has 1 fully saturated rings. The first-order valence-electron chi connectivity index (χ1n) is 5.06. The van der Waals surface area contributed by atoms with Gasteiger partial charge in [-0.25, -0.2) is 0 Å². The molecule has 1 aliphatic carbocycles. The van der Waals surface area contributed by atoms with Crippen LogP contribution in [0.2, 0.25) is 0 Å². The lowest BCUT2D eigenvalue weighted by Gasteiger charge is -2.44. The maximum absolute atomic E-state index is 3.40. The Morgan fingerprint density at radius 2 is 2.46 bits per heavy atom. The zero-order valence-corrected chi connectivity index (χ0v) is 9.10. The fourth-order valence-electron chi connectivity index (χ4n) is 2.48. The van der Waals surface area contributed by atoms with E-state index in [2.05, 4.69) is 36.1 Å². The highest BCUT2D eigenvalue weighted by atomic mass is 32.1. The summed E-state index contributed by atoms with van der Waals surface area (Å²) in [5.41, 5.74) is 1.56. The predicted octanol–water partition coefficient (Wildman–Crippen LogP) is 2.85. The maximum atomic E-state index is 3.40. The van der Waals surface area contributed by atoms with Crippen LogP contribution in [0.4, 0.5) is 0 Å². The van der Waals surface area contributed by atoms with E-state index in [9.17, 15) is 0 Å². The number of hydrogen-bond donors (Lipinski definition) is 1. The van der Waals surface area contributed by atoms with Gasteiger partial charge in [-0.15, -0.1) is 0 Å². The van der Waals surface area contributed by atoms with Crippen LogP contribution in [0.15, 0.2) is 16.8 Å². The minimum atomic E-state index is 0.759. The lowest BCUT2D eigenvalue weighted by Crippen LogP contribution is -2.47.